The van der Waals surface area contributed by atoms with Crippen LogP contribution in [-0.2, 0) is 17.9 Å². The molecule has 0 aliphatic rings. The number of guanidine groups is 1. The van der Waals surface area contributed by atoms with Crippen molar-refractivity contribution in [3.63, 3.8) is 0 Å². The number of pyridine rings is 1. The van der Waals surface area contributed by atoms with Crippen LogP contribution in [0.25, 0.3) is 0 Å². The molecule has 0 amide bonds. The van der Waals surface area contributed by atoms with Gasteiger partial charge in [0.05, 0.1) is 19.3 Å². The first-order valence-electron chi connectivity index (χ1n) is 9.74. The minimum absolute atomic E-state index is 0.123. The van der Waals surface area contributed by atoms with E-state index in [1.165, 1.54) is 5.56 Å². The van der Waals surface area contributed by atoms with Gasteiger partial charge >= 0.3 is 0 Å². The molecule has 152 valence electrons. The monoisotopic (exact) mass is 384 g/mol. The molecule has 0 bridgehead atoms. The summed E-state index contributed by atoms with van der Waals surface area (Å²) in [5.41, 5.74) is 2.26. The molecule has 2 N–H and O–H groups in total. The number of hydrogen-bond acceptors (Lipinski definition) is 4. The second kappa shape index (κ2) is 12.0. The zero-order valence-electron chi connectivity index (χ0n) is 17.3. The van der Waals surface area contributed by atoms with E-state index in [1.807, 2.05) is 50.4 Å². The first-order chi connectivity index (χ1) is 13.6. The van der Waals surface area contributed by atoms with Crippen molar-refractivity contribution in [3.8, 4) is 5.88 Å². The standard InChI is InChI=1S/C22H32N4O2/c1-17(2)28-21-11-10-20(13-24-21)14-26-22(23-4)25-12-18(3)15-27-16-19-8-6-5-7-9-19/h5-11,13,17-18H,12,14-16H2,1-4H3,(H2,23,25,26). The molecule has 6 nitrogen and oxygen atoms in total. The van der Waals surface area contributed by atoms with E-state index in [4.69, 9.17) is 9.47 Å². The van der Waals surface area contributed by atoms with Gasteiger partial charge in [0.15, 0.2) is 5.96 Å². The predicted octanol–water partition coefficient (Wildman–Crippen LogP) is 3.39. The molecule has 1 aromatic heterocycles. The highest BCUT2D eigenvalue weighted by Crippen LogP contribution is 2.09. The third-order valence-corrected chi connectivity index (χ3v) is 3.97. The van der Waals surface area contributed by atoms with Crippen molar-refractivity contribution in [1.29, 1.82) is 0 Å². The summed E-state index contributed by atoms with van der Waals surface area (Å²) >= 11 is 0. The second-order valence-corrected chi connectivity index (χ2v) is 7.08. The Bertz CT molecular complexity index is 702. The van der Waals surface area contributed by atoms with Crippen molar-refractivity contribution < 1.29 is 9.47 Å². The normalized spacial score (nSPS) is 12.7. The van der Waals surface area contributed by atoms with E-state index in [1.54, 1.807) is 7.05 Å². The number of ether oxygens (including phenoxy) is 2. The largest absolute Gasteiger partial charge is 0.475 e. The molecule has 0 saturated heterocycles. The fraction of sp³-hybridized carbons (Fsp3) is 0.455. The third-order valence-electron chi connectivity index (χ3n) is 3.97. The highest BCUT2D eigenvalue weighted by molar-refractivity contribution is 5.79. The molecular weight excluding hydrogens is 352 g/mol. The maximum absolute atomic E-state index is 5.79. The van der Waals surface area contributed by atoms with Gasteiger partial charge in [0.2, 0.25) is 5.88 Å². The molecule has 0 spiro atoms. The molecule has 6 heteroatoms. The van der Waals surface area contributed by atoms with Crippen LogP contribution in [0.4, 0.5) is 0 Å². The van der Waals surface area contributed by atoms with Crippen LogP contribution in [0.2, 0.25) is 0 Å². The highest BCUT2D eigenvalue weighted by Gasteiger charge is 2.05. The van der Waals surface area contributed by atoms with Crippen LogP contribution < -0.4 is 15.4 Å². The van der Waals surface area contributed by atoms with Crippen molar-refractivity contribution in [1.82, 2.24) is 15.6 Å². The van der Waals surface area contributed by atoms with Crippen LogP contribution in [0, 0.1) is 5.92 Å². The summed E-state index contributed by atoms with van der Waals surface area (Å²) in [6.45, 7) is 8.90. The quantitative estimate of drug-likeness (QED) is 0.485. The molecule has 1 aromatic carbocycles. The van der Waals surface area contributed by atoms with Gasteiger partial charge in [-0.3, -0.25) is 4.99 Å². The molecule has 0 saturated carbocycles. The number of aliphatic imine (C=N–C) groups is 1. The van der Waals surface area contributed by atoms with E-state index in [9.17, 15) is 0 Å². The lowest BCUT2D eigenvalue weighted by Crippen LogP contribution is -2.39. The maximum atomic E-state index is 5.79. The molecule has 0 fully saturated rings. The van der Waals surface area contributed by atoms with Crippen LogP contribution >= 0.6 is 0 Å². The molecule has 1 atom stereocenters. The van der Waals surface area contributed by atoms with Crippen LogP contribution in [0.5, 0.6) is 5.88 Å². The van der Waals surface area contributed by atoms with Crippen molar-refractivity contribution >= 4 is 5.96 Å². The number of rotatable bonds is 10. The zero-order chi connectivity index (χ0) is 20.2. The fourth-order valence-electron chi connectivity index (χ4n) is 2.52. The van der Waals surface area contributed by atoms with Gasteiger partial charge in [-0.2, -0.15) is 0 Å². The van der Waals surface area contributed by atoms with Gasteiger partial charge in [0.25, 0.3) is 0 Å². The second-order valence-electron chi connectivity index (χ2n) is 7.08. The van der Waals surface area contributed by atoms with Crippen molar-refractivity contribution in [2.45, 2.75) is 40.0 Å². The summed E-state index contributed by atoms with van der Waals surface area (Å²) in [5, 5.41) is 6.64. The molecule has 1 heterocycles. The Morgan fingerprint density at radius 3 is 2.46 bits per heavy atom. The van der Waals surface area contributed by atoms with Crippen LogP contribution in [0.3, 0.4) is 0 Å². The van der Waals surface area contributed by atoms with Gasteiger partial charge in [-0.15, -0.1) is 0 Å². The van der Waals surface area contributed by atoms with Crippen molar-refractivity contribution in [3.05, 3.63) is 59.8 Å². The summed E-state index contributed by atoms with van der Waals surface area (Å²) in [4.78, 5) is 8.58. The fourth-order valence-corrected chi connectivity index (χ4v) is 2.52. The Morgan fingerprint density at radius 1 is 1.04 bits per heavy atom. The van der Waals surface area contributed by atoms with Gasteiger partial charge in [0.1, 0.15) is 0 Å². The van der Waals surface area contributed by atoms with Gasteiger partial charge in [-0.1, -0.05) is 43.3 Å². The lowest BCUT2D eigenvalue weighted by molar-refractivity contribution is 0.0931. The molecular formula is C22H32N4O2. The van der Waals surface area contributed by atoms with Crippen LogP contribution in [-0.4, -0.2) is 37.2 Å². The number of benzene rings is 1. The summed E-state index contributed by atoms with van der Waals surface area (Å²) in [5.74, 6) is 1.78. The summed E-state index contributed by atoms with van der Waals surface area (Å²) in [6, 6.07) is 14.1. The number of nitrogens with one attached hydrogen (secondary N) is 2. The summed E-state index contributed by atoms with van der Waals surface area (Å²) in [6.07, 6.45) is 1.94. The van der Waals surface area contributed by atoms with E-state index in [0.29, 0.717) is 31.6 Å². The summed E-state index contributed by atoms with van der Waals surface area (Å²) in [7, 11) is 1.77. The highest BCUT2D eigenvalue weighted by atomic mass is 16.5. The first-order valence-corrected chi connectivity index (χ1v) is 9.74. The molecule has 2 aromatic rings. The summed E-state index contributed by atoms with van der Waals surface area (Å²) < 4.78 is 11.4. The van der Waals surface area contributed by atoms with E-state index >= 15 is 0 Å². The molecule has 2 rings (SSSR count). The minimum Gasteiger partial charge on any atom is -0.475 e. The van der Waals surface area contributed by atoms with Gasteiger partial charge in [-0.05, 0) is 30.9 Å². The minimum atomic E-state index is 0.123. The first kappa shape index (κ1) is 21.7. The molecule has 1 unspecified atom stereocenters. The van der Waals surface area contributed by atoms with E-state index < -0.39 is 0 Å². The molecule has 28 heavy (non-hydrogen) atoms. The van der Waals surface area contributed by atoms with Crippen molar-refractivity contribution in [2.24, 2.45) is 10.9 Å². The number of aromatic nitrogens is 1. The van der Waals surface area contributed by atoms with Gasteiger partial charge in [0, 0.05) is 32.4 Å². The predicted molar refractivity (Wildman–Crippen MR) is 113 cm³/mol. The molecule has 0 aliphatic heterocycles. The third kappa shape index (κ3) is 8.39. The lowest BCUT2D eigenvalue weighted by atomic mass is 10.2. The van der Waals surface area contributed by atoms with Crippen LogP contribution in [0.15, 0.2) is 53.7 Å². The smallest absolute Gasteiger partial charge is 0.213 e. The Hall–Kier alpha value is -2.60. The van der Waals surface area contributed by atoms with E-state index in [-0.39, 0.29) is 6.10 Å². The average Bonchev–Trinajstić information content (AvgIpc) is 2.69. The van der Waals surface area contributed by atoms with Crippen LogP contribution in [0.1, 0.15) is 31.9 Å². The van der Waals surface area contributed by atoms with Gasteiger partial charge < -0.3 is 20.1 Å². The lowest BCUT2D eigenvalue weighted by Gasteiger charge is -2.16. The maximum Gasteiger partial charge on any atom is 0.213 e. The molecule has 0 aliphatic carbocycles. The SMILES string of the molecule is CN=C(NCc1ccc(OC(C)C)nc1)NCC(C)COCc1ccccc1. The van der Waals surface area contributed by atoms with E-state index in [2.05, 4.69) is 39.7 Å². The van der Waals surface area contributed by atoms with Gasteiger partial charge in [-0.25, -0.2) is 4.98 Å². The topological polar surface area (TPSA) is 67.8 Å². The zero-order valence-corrected chi connectivity index (χ0v) is 17.3. The average molecular weight is 385 g/mol. The Balaban J connectivity index is 1.66. The molecule has 0 radical (unpaired) electrons. The Morgan fingerprint density at radius 2 is 1.82 bits per heavy atom. The Kier molecular flexibility index (Phi) is 9.28. The van der Waals surface area contributed by atoms with E-state index in [0.717, 1.165) is 18.1 Å². The number of hydrogen-bond donors (Lipinski definition) is 2. The number of nitrogens with zero attached hydrogens (tertiary/aromatic N) is 2. The Labute approximate surface area is 168 Å². The van der Waals surface area contributed by atoms with Crippen molar-refractivity contribution in [2.75, 3.05) is 20.2 Å².